The maximum Gasteiger partial charge on any atom is 0.243 e. The first kappa shape index (κ1) is 19.0. The molecule has 3 aromatic rings. The Hall–Kier alpha value is -3.00. The lowest BCUT2D eigenvalue weighted by Gasteiger charge is -2.27. The Kier molecular flexibility index (Phi) is 4.12. The molecule has 0 spiro atoms. The molecule has 8 heteroatoms. The number of aliphatic imine (C=N–C) groups is 1. The first-order valence-electron chi connectivity index (χ1n) is 10.4. The van der Waals surface area contributed by atoms with Gasteiger partial charge in [-0.3, -0.25) is 9.98 Å². The lowest BCUT2D eigenvalue weighted by atomic mass is 9.93. The molecule has 2 aliphatic rings. The van der Waals surface area contributed by atoms with Crippen LogP contribution in [0, 0.1) is 6.92 Å². The summed E-state index contributed by atoms with van der Waals surface area (Å²) in [4.78, 5) is 13.8. The molecule has 30 heavy (non-hydrogen) atoms. The van der Waals surface area contributed by atoms with Crippen molar-refractivity contribution in [3.05, 3.63) is 30.1 Å². The molecule has 0 aliphatic heterocycles. The molecule has 2 bridgehead atoms. The molecule has 2 fully saturated rings. The molecule has 0 saturated heterocycles. The maximum absolute atomic E-state index is 10.5. The Bertz CT molecular complexity index is 1170. The van der Waals surface area contributed by atoms with Crippen molar-refractivity contribution >= 4 is 28.7 Å². The molecule has 156 valence electrons. The van der Waals surface area contributed by atoms with Gasteiger partial charge in [0.15, 0.2) is 5.82 Å². The van der Waals surface area contributed by atoms with E-state index >= 15 is 0 Å². The summed E-state index contributed by atoms with van der Waals surface area (Å²) in [5, 5.41) is 18.6. The first-order chi connectivity index (χ1) is 14.3. The highest BCUT2D eigenvalue weighted by Crippen LogP contribution is 2.51. The number of aliphatic hydroxyl groups is 1. The van der Waals surface area contributed by atoms with Crippen LogP contribution in [0.1, 0.15) is 51.6 Å². The smallest absolute Gasteiger partial charge is 0.243 e. The van der Waals surface area contributed by atoms with Gasteiger partial charge < -0.3 is 16.2 Å². The number of nitrogens with one attached hydrogen (secondary N) is 1. The monoisotopic (exact) mass is 405 g/mol. The maximum atomic E-state index is 10.5. The van der Waals surface area contributed by atoms with E-state index < -0.39 is 5.60 Å². The fourth-order valence-electron chi connectivity index (χ4n) is 4.96. The molecule has 4 N–H and O–H groups in total. The minimum Gasteiger partial charge on any atom is -0.390 e. The van der Waals surface area contributed by atoms with Crippen LogP contribution < -0.4 is 11.1 Å². The van der Waals surface area contributed by atoms with Gasteiger partial charge in [-0.05, 0) is 71.1 Å². The van der Waals surface area contributed by atoms with E-state index in [1.807, 2.05) is 45.2 Å². The van der Waals surface area contributed by atoms with Crippen molar-refractivity contribution in [1.82, 2.24) is 19.6 Å². The van der Waals surface area contributed by atoms with Crippen LogP contribution in [0.5, 0.6) is 0 Å². The number of fused-ring (bicyclic) bond motifs is 3. The molecule has 5 rings (SSSR count). The van der Waals surface area contributed by atoms with Gasteiger partial charge in [-0.15, -0.1) is 5.10 Å². The van der Waals surface area contributed by atoms with Crippen molar-refractivity contribution in [1.29, 1.82) is 0 Å². The van der Waals surface area contributed by atoms with Gasteiger partial charge in [0.2, 0.25) is 5.95 Å². The molecule has 3 heterocycles. The Morgan fingerprint density at radius 3 is 2.57 bits per heavy atom. The van der Waals surface area contributed by atoms with Gasteiger partial charge in [-0.2, -0.15) is 4.98 Å². The van der Waals surface area contributed by atoms with Crippen molar-refractivity contribution in [2.75, 3.05) is 11.1 Å². The number of aryl methyl sites for hydroxylation is 1. The van der Waals surface area contributed by atoms with Crippen LogP contribution in [0.15, 0.2) is 29.4 Å². The predicted molar refractivity (Wildman–Crippen MR) is 118 cm³/mol. The van der Waals surface area contributed by atoms with Crippen LogP contribution in [-0.2, 0) is 0 Å². The summed E-state index contributed by atoms with van der Waals surface area (Å²) in [5.74, 6) is 0.904. The number of nitrogens with zero attached hydrogens (tertiary/aromatic N) is 5. The lowest BCUT2D eigenvalue weighted by molar-refractivity contribution is 0.0521. The van der Waals surface area contributed by atoms with Crippen LogP contribution in [0.25, 0.3) is 16.8 Å². The molecule has 3 aromatic heterocycles. The standard InChI is InChI=1S/C22H27N7O/c1-13(2)24-16-4-5-17(25-14(16)3)15-6-11-29-18(15)19(23)26-20(28-29)27-21-7-9-22(30,12-21)10-8-21/h4-6,11,30H,7-10,12H2,1-3H3,(H3,23,26,27,28). The third kappa shape index (κ3) is 3.11. The highest BCUT2D eigenvalue weighted by atomic mass is 16.3. The third-order valence-corrected chi connectivity index (χ3v) is 6.40. The van der Waals surface area contributed by atoms with Gasteiger partial charge in [0.05, 0.1) is 22.7 Å². The Labute approximate surface area is 175 Å². The number of nitrogen functional groups attached to an aromatic ring is 1. The zero-order valence-corrected chi connectivity index (χ0v) is 17.6. The quantitative estimate of drug-likeness (QED) is 0.571. The number of hydrogen-bond acceptors (Lipinski definition) is 7. The first-order valence-corrected chi connectivity index (χ1v) is 10.4. The fraction of sp³-hybridized carbons (Fsp3) is 0.455. The van der Waals surface area contributed by atoms with E-state index in [1.165, 1.54) is 0 Å². The molecular weight excluding hydrogens is 378 g/mol. The van der Waals surface area contributed by atoms with Crippen LogP contribution >= 0.6 is 0 Å². The molecule has 0 atom stereocenters. The molecule has 0 radical (unpaired) electrons. The molecule has 0 aromatic carbocycles. The summed E-state index contributed by atoms with van der Waals surface area (Å²) in [7, 11) is 0. The molecular formula is C22H27N7O. The SMILES string of the molecule is CC(C)=Nc1ccc(-c2ccn3nc(NC45CCC(O)(CC4)C5)nc(N)c23)nc1C. The van der Waals surface area contributed by atoms with Crippen molar-refractivity contribution in [3.63, 3.8) is 0 Å². The van der Waals surface area contributed by atoms with Gasteiger partial charge >= 0.3 is 0 Å². The minimum absolute atomic E-state index is 0.128. The fourth-order valence-corrected chi connectivity index (χ4v) is 4.96. The summed E-state index contributed by atoms with van der Waals surface area (Å²) in [6, 6.07) is 5.89. The number of aromatic nitrogens is 4. The van der Waals surface area contributed by atoms with Gasteiger partial charge in [0.25, 0.3) is 0 Å². The van der Waals surface area contributed by atoms with Crippen molar-refractivity contribution in [2.24, 2.45) is 4.99 Å². The summed E-state index contributed by atoms with van der Waals surface area (Å²) < 4.78 is 1.76. The van der Waals surface area contributed by atoms with E-state index in [4.69, 9.17) is 10.7 Å². The number of hydrogen-bond donors (Lipinski definition) is 3. The zero-order chi connectivity index (χ0) is 21.1. The van der Waals surface area contributed by atoms with Gasteiger partial charge in [-0.1, -0.05) is 0 Å². The van der Waals surface area contributed by atoms with Gasteiger partial charge in [-0.25, -0.2) is 4.52 Å². The Morgan fingerprint density at radius 1 is 1.17 bits per heavy atom. The highest BCUT2D eigenvalue weighted by Gasteiger charge is 2.53. The minimum atomic E-state index is -0.528. The van der Waals surface area contributed by atoms with Crippen molar-refractivity contribution < 1.29 is 5.11 Å². The number of anilines is 2. The number of rotatable bonds is 4. The van der Waals surface area contributed by atoms with E-state index in [2.05, 4.69) is 20.4 Å². The van der Waals surface area contributed by atoms with Crippen LogP contribution in [0.3, 0.4) is 0 Å². The van der Waals surface area contributed by atoms with Crippen molar-refractivity contribution in [3.8, 4) is 11.3 Å². The van der Waals surface area contributed by atoms with Crippen LogP contribution in [0.4, 0.5) is 17.5 Å². The second kappa shape index (κ2) is 6.50. The molecule has 2 saturated carbocycles. The molecule has 2 aliphatic carbocycles. The average Bonchev–Trinajstić information content (AvgIpc) is 3.33. The molecule has 8 nitrogen and oxygen atoms in total. The van der Waals surface area contributed by atoms with E-state index in [9.17, 15) is 5.11 Å². The second-order valence-corrected chi connectivity index (χ2v) is 9.01. The molecule has 0 amide bonds. The number of nitrogens with two attached hydrogens (primary N) is 1. The highest BCUT2D eigenvalue weighted by molar-refractivity contribution is 5.87. The Morgan fingerprint density at radius 2 is 1.93 bits per heavy atom. The van der Waals surface area contributed by atoms with Crippen molar-refractivity contribution in [2.45, 2.75) is 64.0 Å². The zero-order valence-electron chi connectivity index (χ0n) is 17.6. The van der Waals surface area contributed by atoms with Gasteiger partial charge in [0.1, 0.15) is 5.52 Å². The van der Waals surface area contributed by atoms with E-state index in [-0.39, 0.29) is 5.54 Å². The summed E-state index contributed by atoms with van der Waals surface area (Å²) in [6.45, 7) is 5.89. The molecule has 0 unspecified atom stereocenters. The van der Waals surface area contributed by atoms with Crippen LogP contribution in [-0.4, -0.2) is 41.5 Å². The predicted octanol–water partition coefficient (Wildman–Crippen LogP) is 3.65. The lowest BCUT2D eigenvalue weighted by Crippen LogP contribution is -2.34. The second-order valence-electron chi connectivity index (χ2n) is 9.01. The third-order valence-electron chi connectivity index (χ3n) is 6.40. The van der Waals surface area contributed by atoms with Crippen LogP contribution in [0.2, 0.25) is 0 Å². The number of pyridine rings is 1. The van der Waals surface area contributed by atoms with E-state index in [0.717, 1.165) is 66.0 Å². The normalized spacial score (nSPS) is 25.1. The summed E-state index contributed by atoms with van der Waals surface area (Å²) >= 11 is 0. The van der Waals surface area contributed by atoms with Gasteiger partial charge in [0, 0.05) is 23.0 Å². The summed E-state index contributed by atoms with van der Waals surface area (Å²) in [6.07, 6.45) is 6.13. The largest absolute Gasteiger partial charge is 0.390 e. The van der Waals surface area contributed by atoms with E-state index in [0.29, 0.717) is 11.8 Å². The average molecular weight is 406 g/mol. The Balaban J connectivity index is 1.49. The summed E-state index contributed by atoms with van der Waals surface area (Å²) in [5.41, 5.74) is 10.9. The topological polar surface area (TPSA) is 114 Å². The van der Waals surface area contributed by atoms with E-state index in [1.54, 1.807) is 4.52 Å².